The van der Waals surface area contributed by atoms with E-state index in [0.717, 1.165) is 12.8 Å². The molecule has 0 aromatic rings. The lowest BCUT2D eigenvalue weighted by molar-refractivity contribution is -0.146. The van der Waals surface area contributed by atoms with Crippen LogP contribution in [0.3, 0.4) is 0 Å². The third-order valence-electron chi connectivity index (χ3n) is 0.978. The SMILES string of the molecule is CCCCC(=O)NOC=O. The molecule has 0 heterocycles. The van der Waals surface area contributed by atoms with E-state index in [1.165, 1.54) is 0 Å². The van der Waals surface area contributed by atoms with Crippen LogP contribution in [0.15, 0.2) is 0 Å². The summed E-state index contributed by atoms with van der Waals surface area (Å²) in [7, 11) is 0. The predicted octanol–water partition coefficient (Wildman–Crippen LogP) is 0.381. The van der Waals surface area contributed by atoms with Crippen molar-refractivity contribution in [2.24, 2.45) is 0 Å². The van der Waals surface area contributed by atoms with Crippen molar-refractivity contribution < 1.29 is 14.4 Å². The number of amides is 1. The number of carbonyl (C=O) groups excluding carboxylic acids is 2. The third kappa shape index (κ3) is 5.08. The van der Waals surface area contributed by atoms with Crippen LogP contribution in [0.5, 0.6) is 0 Å². The zero-order valence-electron chi connectivity index (χ0n) is 5.92. The van der Waals surface area contributed by atoms with Crippen molar-refractivity contribution in [3.63, 3.8) is 0 Å². The Bertz CT molecular complexity index is 114. The van der Waals surface area contributed by atoms with Gasteiger partial charge in [0.25, 0.3) is 5.91 Å². The summed E-state index contributed by atoms with van der Waals surface area (Å²) in [5, 5.41) is 0. The van der Waals surface area contributed by atoms with Crippen LogP contribution in [-0.2, 0) is 14.4 Å². The van der Waals surface area contributed by atoms with Crippen molar-refractivity contribution in [2.45, 2.75) is 26.2 Å². The smallest absolute Gasteiger partial charge is 0.320 e. The Labute approximate surface area is 59.5 Å². The van der Waals surface area contributed by atoms with Crippen molar-refractivity contribution in [3.05, 3.63) is 0 Å². The molecule has 10 heavy (non-hydrogen) atoms. The van der Waals surface area contributed by atoms with Crippen LogP contribution < -0.4 is 5.48 Å². The van der Waals surface area contributed by atoms with E-state index in [4.69, 9.17) is 0 Å². The van der Waals surface area contributed by atoms with Crippen molar-refractivity contribution in [3.8, 4) is 0 Å². The number of hydroxylamine groups is 1. The van der Waals surface area contributed by atoms with Gasteiger partial charge in [-0.2, -0.15) is 5.48 Å². The molecule has 1 N–H and O–H groups in total. The first-order valence-electron chi connectivity index (χ1n) is 3.19. The summed E-state index contributed by atoms with van der Waals surface area (Å²) in [6.07, 6.45) is 2.17. The van der Waals surface area contributed by atoms with E-state index in [-0.39, 0.29) is 12.4 Å². The highest BCUT2D eigenvalue weighted by Gasteiger charge is 1.97. The van der Waals surface area contributed by atoms with Gasteiger partial charge in [0, 0.05) is 6.42 Å². The molecule has 0 aliphatic rings. The molecule has 4 heteroatoms. The molecule has 0 bridgehead atoms. The minimum Gasteiger partial charge on any atom is -0.344 e. The van der Waals surface area contributed by atoms with Crippen LogP contribution in [-0.4, -0.2) is 12.4 Å². The summed E-state index contributed by atoms with van der Waals surface area (Å²) in [6, 6.07) is 0. The normalized spacial score (nSPS) is 8.50. The van der Waals surface area contributed by atoms with E-state index in [1.54, 1.807) is 0 Å². The van der Waals surface area contributed by atoms with E-state index in [1.807, 2.05) is 12.4 Å². The highest BCUT2D eigenvalue weighted by molar-refractivity contribution is 5.75. The number of hydrogen-bond donors (Lipinski definition) is 1. The molecule has 0 aliphatic heterocycles. The zero-order chi connectivity index (χ0) is 7.82. The van der Waals surface area contributed by atoms with Crippen LogP contribution in [0.2, 0.25) is 0 Å². The summed E-state index contributed by atoms with van der Waals surface area (Å²) < 4.78 is 0. The lowest BCUT2D eigenvalue weighted by Gasteiger charge is -1.98. The predicted molar refractivity (Wildman–Crippen MR) is 34.8 cm³/mol. The molecular weight excluding hydrogens is 134 g/mol. The average Bonchev–Trinajstić information content (AvgIpc) is 1.97. The maximum Gasteiger partial charge on any atom is 0.320 e. The van der Waals surface area contributed by atoms with E-state index in [2.05, 4.69) is 4.84 Å². The highest BCUT2D eigenvalue weighted by Crippen LogP contribution is 1.92. The van der Waals surface area contributed by atoms with Gasteiger partial charge >= 0.3 is 6.47 Å². The number of nitrogens with one attached hydrogen (secondary N) is 1. The Kier molecular flexibility index (Phi) is 5.42. The van der Waals surface area contributed by atoms with Gasteiger partial charge in [-0.1, -0.05) is 13.3 Å². The number of hydrogen-bond acceptors (Lipinski definition) is 3. The molecule has 0 aliphatic carbocycles. The molecule has 4 nitrogen and oxygen atoms in total. The van der Waals surface area contributed by atoms with Gasteiger partial charge in [0.2, 0.25) is 0 Å². The standard InChI is InChI=1S/C6H11NO3/c1-2-3-4-6(9)7-10-5-8/h5H,2-4H2,1H3,(H,7,9). The second kappa shape index (κ2) is 6.07. The highest BCUT2D eigenvalue weighted by atomic mass is 16.7. The Balaban J connectivity index is 3.16. The van der Waals surface area contributed by atoms with Gasteiger partial charge < -0.3 is 4.84 Å². The molecule has 0 saturated carbocycles. The Morgan fingerprint density at radius 1 is 1.70 bits per heavy atom. The zero-order valence-corrected chi connectivity index (χ0v) is 5.92. The Hall–Kier alpha value is -1.06. The topological polar surface area (TPSA) is 55.4 Å². The molecule has 0 radical (unpaired) electrons. The number of rotatable bonds is 5. The molecular formula is C6H11NO3. The van der Waals surface area contributed by atoms with Crippen LogP contribution in [0.25, 0.3) is 0 Å². The maximum absolute atomic E-state index is 10.6. The molecule has 0 spiro atoms. The minimum atomic E-state index is -0.256. The fraction of sp³-hybridized carbons (Fsp3) is 0.667. The number of unbranched alkanes of at least 4 members (excludes halogenated alkanes) is 1. The van der Waals surface area contributed by atoms with Crippen LogP contribution >= 0.6 is 0 Å². The van der Waals surface area contributed by atoms with Crippen molar-refractivity contribution in [1.82, 2.24) is 5.48 Å². The summed E-state index contributed by atoms with van der Waals surface area (Å²) in [6.45, 7) is 2.16. The van der Waals surface area contributed by atoms with Gasteiger partial charge in [0.1, 0.15) is 0 Å². The number of carbonyl (C=O) groups is 2. The lowest BCUT2D eigenvalue weighted by atomic mass is 10.2. The van der Waals surface area contributed by atoms with Crippen molar-refractivity contribution in [2.75, 3.05) is 0 Å². The Morgan fingerprint density at radius 3 is 2.90 bits per heavy atom. The van der Waals surface area contributed by atoms with Crippen LogP contribution in [0.1, 0.15) is 26.2 Å². The summed E-state index contributed by atoms with van der Waals surface area (Å²) >= 11 is 0. The first-order valence-corrected chi connectivity index (χ1v) is 3.19. The third-order valence-corrected chi connectivity index (χ3v) is 0.978. The van der Waals surface area contributed by atoms with Gasteiger partial charge in [0.05, 0.1) is 0 Å². The second-order valence-corrected chi connectivity index (χ2v) is 1.84. The fourth-order valence-electron chi connectivity index (χ4n) is 0.478. The first kappa shape index (κ1) is 8.94. The summed E-state index contributed by atoms with van der Waals surface area (Å²) in [4.78, 5) is 24.1. The molecule has 0 aromatic carbocycles. The Morgan fingerprint density at radius 2 is 2.40 bits per heavy atom. The quantitative estimate of drug-likeness (QED) is 0.449. The molecule has 0 aromatic heterocycles. The second-order valence-electron chi connectivity index (χ2n) is 1.84. The molecule has 0 saturated heterocycles. The molecule has 0 fully saturated rings. The summed E-state index contributed by atoms with van der Waals surface area (Å²) in [5.41, 5.74) is 1.96. The monoisotopic (exact) mass is 145 g/mol. The van der Waals surface area contributed by atoms with E-state index in [0.29, 0.717) is 6.42 Å². The lowest BCUT2D eigenvalue weighted by Crippen LogP contribution is -2.22. The van der Waals surface area contributed by atoms with E-state index < -0.39 is 0 Å². The van der Waals surface area contributed by atoms with Crippen molar-refractivity contribution in [1.29, 1.82) is 0 Å². The van der Waals surface area contributed by atoms with E-state index in [9.17, 15) is 9.59 Å². The van der Waals surface area contributed by atoms with Gasteiger partial charge in [-0.05, 0) is 6.42 Å². The fourth-order valence-corrected chi connectivity index (χ4v) is 0.478. The summed E-state index contributed by atoms with van der Waals surface area (Å²) in [5.74, 6) is -0.256. The molecule has 58 valence electrons. The molecule has 0 atom stereocenters. The van der Waals surface area contributed by atoms with Gasteiger partial charge in [-0.25, -0.2) is 0 Å². The minimum absolute atomic E-state index is 0.184. The van der Waals surface area contributed by atoms with Gasteiger partial charge in [0.15, 0.2) is 0 Å². The molecule has 0 unspecified atom stereocenters. The van der Waals surface area contributed by atoms with Gasteiger partial charge in [-0.3, -0.25) is 9.59 Å². The first-order chi connectivity index (χ1) is 4.81. The molecule has 1 amide bonds. The van der Waals surface area contributed by atoms with E-state index >= 15 is 0 Å². The maximum atomic E-state index is 10.6. The average molecular weight is 145 g/mol. The van der Waals surface area contributed by atoms with Crippen LogP contribution in [0, 0.1) is 0 Å². The molecule has 0 rings (SSSR count). The van der Waals surface area contributed by atoms with Crippen LogP contribution in [0.4, 0.5) is 0 Å². The van der Waals surface area contributed by atoms with Crippen molar-refractivity contribution >= 4 is 12.4 Å². The largest absolute Gasteiger partial charge is 0.344 e. The van der Waals surface area contributed by atoms with Gasteiger partial charge in [-0.15, -0.1) is 0 Å².